The molecule has 2 amide bonds. The number of amides is 2. The van der Waals surface area contributed by atoms with Gasteiger partial charge in [-0.3, -0.25) is 14.5 Å². The van der Waals surface area contributed by atoms with Crippen LogP contribution < -0.4 is 10.1 Å². The van der Waals surface area contributed by atoms with Crippen molar-refractivity contribution >= 4 is 17.6 Å². The molecule has 0 radical (unpaired) electrons. The zero-order valence-corrected chi connectivity index (χ0v) is 16.1. The van der Waals surface area contributed by atoms with Crippen LogP contribution in [0.25, 0.3) is 0 Å². The molecule has 1 aliphatic rings. The maximum atomic E-state index is 12.3. The Morgan fingerprint density at radius 1 is 1.14 bits per heavy atom. The first-order valence-electron chi connectivity index (χ1n) is 9.51. The second kappa shape index (κ2) is 9.89. The number of nitrogens with one attached hydrogen (secondary N) is 1. The number of hydrogen-bond acceptors (Lipinski definition) is 6. The number of benzene rings is 1. The Morgan fingerprint density at radius 2 is 1.89 bits per heavy atom. The SMILES string of the molecule is Cc1cc(NC(=O)CCN2CCN(C(=O)CCOc3ccccc3)CC2)no1. The van der Waals surface area contributed by atoms with Crippen molar-refractivity contribution in [3.63, 3.8) is 0 Å². The number of nitrogens with zero attached hydrogens (tertiary/aromatic N) is 3. The Kier molecular flexibility index (Phi) is 7.02. The number of para-hydroxylation sites is 1. The monoisotopic (exact) mass is 386 g/mol. The van der Waals surface area contributed by atoms with Crippen molar-refractivity contribution in [3.05, 3.63) is 42.2 Å². The highest BCUT2D eigenvalue weighted by molar-refractivity contribution is 5.89. The fraction of sp³-hybridized carbons (Fsp3) is 0.450. The van der Waals surface area contributed by atoms with Crippen LogP contribution in [0.1, 0.15) is 18.6 Å². The molecule has 0 atom stereocenters. The molecule has 8 heteroatoms. The zero-order valence-electron chi connectivity index (χ0n) is 16.1. The van der Waals surface area contributed by atoms with Crippen LogP contribution in [-0.2, 0) is 9.59 Å². The summed E-state index contributed by atoms with van der Waals surface area (Å²) in [4.78, 5) is 28.3. The number of anilines is 1. The van der Waals surface area contributed by atoms with Crippen molar-refractivity contribution in [2.24, 2.45) is 0 Å². The maximum absolute atomic E-state index is 12.3. The van der Waals surface area contributed by atoms with Gasteiger partial charge in [0.2, 0.25) is 11.8 Å². The number of carbonyl (C=O) groups is 2. The normalized spacial score (nSPS) is 14.7. The Morgan fingerprint density at radius 3 is 2.57 bits per heavy atom. The first-order chi connectivity index (χ1) is 13.6. The smallest absolute Gasteiger partial charge is 0.226 e. The van der Waals surface area contributed by atoms with Gasteiger partial charge < -0.3 is 19.5 Å². The summed E-state index contributed by atoms with van der Waals surface area (Å²) < 4.78 is 10.5. The van der Waals surface area contributed by atoms with Crippen LogP contribution in [0.5, 0.6) is 5.75 Å². The lowest BCUT2D eigenvalue weighted by atomic mass is 10.2. The second-order valence-corrected chi connectivity index (χ2v) is 6.75. The van der Waals surface area contributed by atoms with E-state index in [2.05, 4.69) is 15.4 Å². The van der Waals surface area contributed by atoms with E-state index in [1.54, 1.807) is 13.0 Å². The fourth-order valence-electron chi connectivity index (χ4n) is 3.04. The zero-order chi connectivity index (χ0) is 19.8. The second-order valence-electron chi connectivity index (χ2n) is 6.75. The summed E-state index contributed by atoms with van der Waals surface area (Å²) in [6.45, 7) is 5.69. The van der Waals surface area contributed by atoms with Gasteiger partial charge in [-0.2, -0.15) is 0 Å². The number of ether oxygens (including phenoxy) is 1. The van der Waals surface area contributed by atoms with Gasteiger partial charge in [-0.15, -0.1) is 0 Å². The van der Waals surface area contributed by atoms with Gasteiger partial charge in [-0.25, -0.2) is 0 Å². The molecule has 0 aliphatic carbocycles. The third-order valence-corrected chi connectivity index (χ3v) is 4.60. The molecule has 150 valence electrons. The van der Waals surface area contributed by atoms with Crippen LogP contribution in [0.4, 0.5) is 5.82 Å². The van der Waals surface area contributed by atoms with E-state index in [1.165, 1.54) is 0 Å². The molecule has 1 fully saturated rings. The van der Waals surface area contributed by atoms with Crippen LogP contribution in [-0.4, -0.2) is 66.1 Å². The minimum absolute atomic E-state index is 0.0927. The Labute approximate surface area is 164 Å². The molecule has 0 bridgehead atoms. The van der Waals surface area contributed by atoms with E-state index < -0.39 is 0 Å². The molecule has 0 saturated carbocycles. The van der Waals surface area contributed by atoms with Gasteiger partial charge in [0.05, 0.1) is 13.0 Å². The van der Waals surface area contributed by atoms with Gasteiger partial charge >= 0.3 is 0 Å². The molecule has 1 saturated heterocycles. The topological polar surface area (TPSA) is 87.9 Å². The Balaban J connectivity index is 1.30. The van der Waals surface area contributed by atoms with E-state index in [0.29, 0.717) is 50.7 Å². The first-order valence-corrected chi connectivity index (χ1v) is 9.51. The number of rotatable bonds is 8. The quantitative estimate of drug-likeness (QED) is 0.746. The lowest BCUT2D eigenvalue weighted by Gasteiger charge is -2.34. The third-order valence-electron chi connectivity index (χ3n) is 4.60. The molecule has 8 nitrogen and oxygen atoms in total. The van der Waals surface area contributed by atoms with Crippen LogP contribution in [0.15, 0.2) is 40.9 Å². The molecule has 3 rings (SSSR count). The molecular formula is C20H26N4O4. The van der Waals surface area contributed by atoms with E-state index in [-0.39, 0.29) is 11.8 Å². The summed E-state index contributed by atoms with van der Waals surface area (Å²) in [7, 11) is 0. The van der Waals surface area contributed by atoms with Crippen LogP contribution in [0.2, 0.25) is 0 Å². The van der Waals surface area contributed by atoms with Gasteiger partial charge in [-0.05, 0) is 19.1 Å². The predicted octanol–water partition coefficient (Wildman–Crippen LogP) is 1.92. The maximum Gasteiger partial charge on any atom is 0.226 e. The molecule has 1 aliphatic heterocycles. The Hall–Kier alpha value is -2.87. The summed E-state index contributed by atoms with van der Waals surface area (Å²) in [6.07, 6.45) is 0.749. The summed E-state index contributed by atoms with van der Waals surface area (Å²) in [5, 5.41) is 6.47. The first kappa shape index (κ1) is 19.9. The molecule has 28 heavy (non-hydrogen) atoms. The number of aryl methyl sites for hydroxylation is 1. The molecule has 1 N–H and O–H groups in total. The molecular weight excluding hydrogens is 360 g/mol. The van der Waals surface area contributed by atoms with Crippen LogP contribution in [0, 0.1) is 6.92 Å². The summed E-state index contributed by atoms with van der Waals surface area (Å²) in [5.41, 5.74) is 0. The average Bonchev–Trinajstić information content (AvgIpc) is 3.12. The molecule has 0 unspecified atom stereocenters. The number of aromatic nitrogens is 1. The summed E-state index contributed by atoms with van der Waals surface area (Å²) >= 11 is 0. The van der Waals surface area contributed by atoms with Crippen LogP contribution >= 0.6 is 0 Å². The highest BCUT2D eigenvalue weighted by atomic mass is 16.5. The minimum atomic E-state index is -0.0927. The van der Waals surface area contributed by atoms with Crippen molar-refractivity contribution in [1.82, 2.24) is 15.0 Å². The minimum Gasteiger partial charge on any atom is -0.493 e. The number of carbonyl (C=O) groups excluding carboxylic acids is 2. The average molecular weight is 386 g/mol. The van der Waals surface area contributed by atoms with Crippen LogP contribution in [0.3, 0.4) is 0 Å². The highest BCUT2D eigenvalue weighted by Crippen LogP contribution is 2.10. The van der Waals surface area contributed by atoms with Gasteiger partial charge in [0.1, 0.15) is 11.5 Å². The largest absolute Gasteiger partial charge is 0.493 e. The van der Waals surface area contributed by atoms with Crippen molar-refractivity contribution in [3.8, 4) is 5.75 Å². The fourth-order valence-corrected chi connectivity index (χ4v) is 3.04. The number of hydrogen-bond donors (Lipinski definition) is 1. The van der Waals surface area contributed by atoms with E-state index in [4.69, 9.17) is 9.26 Å². The molecule has 1 aromatic heterocycles. The van der Waals surface area contributed by atoms with Crippen molar-refractivity contribution in [1.29, 1.82) is 0 Å². The van der Waals surface area contributed by atoms with Gasteiger partial charge in [-0.1, -0.05) is 23.4 Å². The predicted molar refractivity (Wildman–Crippen MR) is 104 cm³/mol. The standard InChI is InChI=1S/C20H26N4O4/c1-16-15-18(22-28-16)21-19(25)7-9-23-10-12-24(13-11-23)20(26)8-14-27-17-5-3-2-4-6-17/h2-6,15H,7-14H2,1H3,(H,21,22,25). The van der Waals surface area contributed by atoms with E-state index in [1.807, 2.05) is 35.2 Å². The van der Waals surface area contributed by atoms with Gasteiger partial charge in [0.25, 0.3) is 0 Å². The van der Waals surface area contributed by atoms with Crippen molar-refractivity contribution < 1.29 is 18.8 Å². The molecule has 0 spiro atoms. The molecule has 1 aromatic carbocycles. The van der Waals surface area contributed by atoms with E-state index >= 15 is 0 Å². The van der Waals surface area contributed by atoms with Crippen molar-refractivity contribution in [2.75, 3.05) is 44.6 Å². The lowest BCUT2D eigenvalue weighted by molar-refractivity contribution is -0.133. The van der Waals surface area contributed by atoms with Crippen molar-refractivity contribution in [2.45, 2.75) is 19.8 Å². The molecule has 2 aromatic rings. The van der Waals surface area contributed by atoms with Gasteiger partial charge in [0, 0.05) is 45.2 Å². The molecule has 2 heterocycles. The Bertz CT molecular complexity index is 770. The lowest BCUT2D eigenvalue weighted by Crippen LogP contribution is -2.49. The number of piperazine rings is 1. The van der Waals surface area contributed by atoms with E-state index in [0.717, 1.165) is 18.8 Å². The van der Waals surface area contributed by atoms with E-state index in [9.17, 15) is 9.59 Å². The third kappa shape index (κ3) is 6.09. The van der Waals surface area contributed by atoms with Gasteiger partial charge in [0.15, 0.2) is 5.82 Å². The summed E-state index contributed by atoms with van der Waals surface area (Å²) in [5.74, 6) is 1.89. The highest BCUT2D eigenvalue weighted by Gasteiger charge is 2.21. The summed E-state index contributed by atoms with van der Waals surface area (Å²) in [6, 6.07) is 11.2.